The lowest BCUT2D eigenvalue weighted by Gasteiger charge is -2.14. The number of rotatable bonds is 1. The van der Waals surface area contributed by atoms with Crippen LogP contribution in [0.25, 0.3) is 0 Å². The highest BCUT2D eigenvalue weighted by molar-refractivity contribution is 5.76. The molecule has 3 atom stereocenters. The number of esters is 1. The molecule has 1 N–H and O–H groups in total. The summed E-state index contributed by atoms with van der Waals surface area (Å²) in [6.45, 7) is 1.00. The molecule has 3 nitrogen and oxygen atoms in total. The molecule has 68 valence electrons. The van der Waals surface area contributed by atoms with Crippen molar-refractivity contribution in [3.8, 4) is 0 Å². The van der Waals surface area contributed by atoms with Gasteiger partial charge in [0.05, 0.1) is 7.11 Å². The number of fused-ring (bicyclic) bond motifs is 1. The van der Waals surface area contributed by atoms with Crippen molar-refractivity contribution in [3.63, 3.8) is 0 Å². The summed E-state index contributed by atoms with van der Waals surface area (Å²) in [7, 11) is 1.46. The van der Waals surface area contributed by atoms with E-state index >= 15 is 0 Å². The largest absolute Gasteiger partial charge is 0.468 e. The summed E-state index contributed by atoms with van der Waals surface area (Å²) in [6.07, 6.45) is 3.76. The summed E-state index contributed by atoms with van der Waals surface area (Å²) < 4.78 is 4.74. The van der Waals surface area contributed by atoms with Crippen molar-refractivity contribution >= 4 is 5.97 Å². The van der Waals surface area contributed by atoms with Crippen molar-refractivity contribution in [1.29, 1.82) is 0 Å². The maximum atomic E-state index is 11.3. The quantitative estimate of drug-likeness (QED) is 0.582. The van der Waals surface area contributed by atoms with Crippen LogP contribution in [0.2, 0.25) is 0 Å². The van der Waals surface area contributed by atoms with Gasteiger partial charge in [-0.15, -0.1) is 0 Å². The van der Waals surface area contributed by atoms with Gasteiger partial charge >= 0.3 is 5.97 Å². The second kappa shape index (κ2) is 3.05. The van der Waals surface area contributed by atoms with E-state index in [0.717, 1.165) is 12.5 Å². The van der Waals surface area contributed by atoms with E-state index in [-0.39, 0.29) is 12.0 Å². The molecule has 1 aliphatic heterocycles. The molecule has 0 bridgehead atoms. The SMILES string of the molecule is COC(=O)[C@H]1NC[C@@H]2CCC[C@@H]21. The zero-order valence-electron chi connectivity index (χ0n) is 7.38. The van der Waals surface area contributed by atoms with Gasteiger partial charge in [-0.1, -0.05) is 6.42 Å². The number of carbonyl (C=O) groups is 1. The maximum absolute atomic E-state index is 11.3. The fourth-order valence-electron chi connectivity index (χ4n) is 2.57. The number of ether oxygens (including phenoxy) is 1. The van der Waals surface area contributed by atoms with Gasteiger partial charge in [-0.05, 0) is 31.2 Å². The number of hydrogen-bond donors (Lipinski definition) is 1. The Kier molecular flexibility index (Phi) is 2.05. The molecule has 3 heteroatoms. The summed E-state index contributed by atoms with van der Waals surface area (Å²) in [6, 6.07) is -0.0116. The van der Waals surface area contributed by atoms with E-state index in [1.807, 2.05) is 0 Å². The summed E-state index contributed by atoms with van der Waals surface area (Å²) in [5.74, 6) is 1.20. The Hall–Kier alpha value is -0.570. The number of carbonyl (C=O) groups excluding carboxylic acids is 1. The Morgan fingerprint density at radius 3 is 3.08 bits per heavy atom. The molecule has 0 amide bonds. The van der Waals surface area contributed by atoms with E-state index in [1.165, 1.54) is 26.4 Å². The Morgan fingerprint density at radius 2 is 2.33 bits per heavy atom. The minimum absolute atomic E-state index is 0.0116. The van der Waals surface area contributed by atoms with Crippen LogP contribution in [0.15, 0.2) is 0 Å². The first-order valence-corrected chi connectivity index (χ1v) is 4.64. The topological polar surface area (TPSA) is 38.3 Å². The second-order valence-corrected chi connectivity index (χ2v) is 3.76. The number of methoxy groups -OCH3 is 1. The molecule has 0 radical (unpaired) electrons. The third kappa shape index (κ3) is 1.12. The van der Waals surface area contributed by atoms with Crippen molar-refractivity contribution in [3.05, 3.63) is 0 Å². The van der Waals surface area contributed by atoms with Crippen molar-refractivity contribution in [2.45, 2.75) is 25.3 Å². The predicted octanol–water partition coefficient (Wildman–Crippen LogP) is 0.547. The fraction of sp³-hybridized carbons (Fsp3) is 0.889. The average molecular weight is 169 g/mol. The molecular weight excluding hydrogens is 154 g/mol. The lowest BCUT2D eigenvalue weighted by atomic mass is 9.94. The zero-order valence-corrected chi connectivity index (χ0v) is 7.38. The smallest absolute Gasteiger partial charge is 0.323 e. The second-order valence-electron chi connectivity index (χ2n) is 3.76. The van der Waals surface area contributed by atoms with Gasteiger partial charge in [0.25, 0.3) is 0 Å². The summed E-state index contributed by atoms with van der Waals surface area (Å²) in [5, 5.41) is 3.23. The van der Waals surface area contributed by atoms with Gasteiger partial charge in [0, 0.05) is 0 Å². The average Bonchev–Trinajstić information content (AvgIpc) is 2.62. The molecule has 0 spiro atoms. The van der Waals surface area contributed by atoms with E-state index < -0.39 is 0 Å². The molecule has 2 aliphatic rings. The first-order valence-electron chi connectivity index (χ1n) is 4.64. The lowest BCUT2D eigenvalue weighted by molar-refractivity contribution is -0.143. The molecule has 1 saturated carbocycles. The van der Waals surface area contributed by atoms with Crippen LogP contribution in [0.1, 0.15) is 19.3 Å². The third-order valence-electron chi connectivity index (χ3n) is 3.20. The molecule has 2 fully saturated rings. The highest BCUT2D eigenvalue weighted by Gasteiger charge is 2.42. The number of hydrogen-bond acceptors (Lipinski definition) is 3. The molecule has 0 aromatic heterocycles. The van der Waals surface area contributed by atoms with Gasteiger partial charge in [0.1, 0.15) is 6.04 Å². The molecule has 12 heavy (non-hydrogen) atoms. The fourth-order valence-corrected chi connectivity index (χ4v) is 2.57. The zero-order chi connectivity index (χ0) is 8.55. The van der Waals surface area contributed by atoms with Gasteiger partial charge < -0.3 is 10.1 Å². The van der Waals surface area contributed by atoms with Crippen LogP contribution in [0.4, 0.5) is 0 Å². The van der Waals surface area contributed by atoms with E-state index in [2.05, 4.69) is 5.32 Å². The molecule has 1 aliphatic carbocycles. The first-order chi connectivity index (χ1) is 5.83. The Morgan fingerprint density at radius 1 is 1.50 bits per heavy atom. The van der Waals surface area contributed by atoms with Gasteiger partial charge in [0.15, 0.2) is 0 Å². The van der Waals surface area contributed by atoms with Gasteiger partial charge in [-0.25, -0.2) is 0 Å². The highest BCUT2D eigenvalue weighted by Crippen LogP contribution is 2.37. The minimum Gasteiger partial charge on any atom is -0.468 e. The van der Waals surface area contributed by atoms with Gasteiger partial charge in [0.2, 0.25) is 0 Å². The van der Waals surface area contributed by atoms with Gasteiger partial charge in [-0.3, -0.25) is 4.79 Å². The maximum Gasteiger partial charge on any atom is 0.323 e. The van der Waals surface area contributed by atoms with Crippen molar-refractivity contribution in [1.82, 2.24) is 5.32 Å². The molecule has 0 unspecified atom stereocenters. The highest BCUT2D eigenvalue weighted by atomic mass is 16.5. The molecule has 1 heterocycles. The standard InChI is InChI=1S/C9H15NO2/c1-12-9(11)8-7-4-2-3-6(7)5-10-8/h6-8,10H,2-5H2,1H3/t6-,7-,8-/m0/s1. The summed E-state index contributed by atoms with van der Waals surface area (Å²) >= 11 is 0. The van der Waals surface area contributed by atoms with E-state index in [1.54, 1.807) is 0 Å². The van der Waals surface area contributed by atoms with E-state index in [4.69, 9.17) is 4.74 Å². The third-order valence-corrected chi connectivity index (χ3v) is 3.20. The monoisotopic (exact) mass is 169 g/mol. The minimum atomic E-state index is -0.0793. The van der Waals surface area contributed by atoms with Crippen molar-refractivity contribution in [2.75, 3.05) is 13.7 Å². The Bertz CT molecular complexity index is 193. The van der Waals surface area contributed by atoms with Crippen LogP contribution in [0.3, 0.4) is 0 Å². The Labute approximate surface area is 72.5 Å². The van der Waals surface area contributed by atoms with E-state index in [9.17, 15) is 4.79 Å². The molecule has 0 aromatic rings. The normalized spacial score (nSPS) is 39.6. The lowest BCUT2D eigenvalue weighted by Crippen LogP contribution is -2.36. The van der Waals surface area contributed by atoms with Gasteiger partial charge in [-0.2, -0.15) is 0 Å². The predicted molar refractivity (Wildman–Crippen MR) is 44.6 cm³/mol. The molecular formula is C9H15NO2. The first kappa shape index (κ1) is 8.05. The number of nitrogens with one attached hydrogen (secondary N) is 1. The van der Waals surface area contributed by atoms with Crippen LogP contribution in [0, 0.1) is 11.8 Å². The molecule has 0 aromatic carbocycles. The molecule has 1 saturated heterocycles. The summed E-state index contributed by atoms with van der Waals surface area (Å²) in [4.78, 5) is 11.3. The van der Waals surface area contributed by atoms with Crippen LogP contribution in [-0.2, 0) is 9.53 Å². The van der Waals surface area contributed by atoms with E-state index in [0.29, 0.717) is 5.92 Å². The van der Waals surface area contributed by atoms with Crippen LogP contribution in [-0.4, -0.2) is 25.7 Å². The van der Waals surface area contributed by atoms with Crippen LogP contribution >= 0.6 is 0 Å². The van der Waals surface area contributed by atoms with Crippen molar-refractivity contribution in [2.24, 2.45) is 11.8 Å². The molecule has 2 rings (SSSR count). The van der Waals surface area contributed by atoms with Crippen LogP contribution in [0.5, 0.6) is 0 Å². The Balaban J connectivity index is 2.04. The van der Waals surface area contributed by atoms with Crippen LogP contribution < -0.4 is 5.32 Å². The summed E-state index contributed by atoms with van der Waals surface area (Å²) in [5.41, 5.74) is 0. The van der Waals surface area contributed by atoms with Crippen molar-refractivity contribution < 1.29 is 9.53 Å².